The molecule has 0 spiro atoms. The number of hydrogen-bond acceptors (Lipinski definition) is 8. The van der Waals surface area contributed by atoms with E-state index >= 15 is 0 Å². The molecule has 0 aliphatic rings. The molecule has 0 aliphatic heterocycles. The van der Waals surface area contributed by atoms with Crippen molar-refractivity contribution in [1.82, 2.24) is 9.97 Å². The van der Waals surface area contributed by atoms with Crippen LogP contribution >= 0.6 is 0 Å². The van der Waals surface area contributed by atoms with Gasteiger partial charge in [-0.2, -0.15) is 0 Å². The first-order valence-corrected chi connectivity index (χ1v) is 32.8. The summed E-state index contributed by atoms with van der Waals surface area (Å²) in [6, 6.07) is 42.0. The van der Waals surface area contributed by atoms with Crippen molar-refractivity contribution >= 4 is 33.5 Å². The SMILES string of the molecule is Cc1cc(C(C)C)c(NC(C)c2cccc(C(C)Nc3c(C(C)C)cc(C)cc3C(C)C)n2)c(C(C)C)c1.Cc1cc(C(C)C)c(NC(C)c2cccc(C(C)Nc3c(C(C)C)cc(C)cc3C(C)C)n2)c(C(C)C)c1.[Co+].[Co+].[O-]c1cc2ccccc2cc1[O-]. The van der Waals surface area contributed by atoms with Gasteiger partial charge in [0, 0.05) is 22.7 Å². The standard InChI is InChI=1S/2C35H51N3.C10H8O2.2Co/c2*1-20(2)28-16-24(9)17-29(21(3)4)34(28)36-26(11)32-14-13-15-33(38-32)27(12)37-35-30(22(5)6)18-25(10)19-31(35)23(7)8;11-9-5-7-3-1-2-4-8(7)6-10(9)12;;/h2*13-23,26-27,36-37H,1-12H3;1-6,11-12H;;/q;;;2*+1/p-2. The number of hydrogen-bond donors (Lipinski definition) is 4. The molecule has 10 heteroatoms. The molecule has 4 unspecified atom stereocenters. The van der Waals surface area contributed by atoms with E-state index in [-0.39, 0.29) is 57.7 Å². The first-order valence-electron chi connectivity index (χ1n) is 32.8. The van der Waals surface area contributed by atoms with Gasteiger partial charge in [-0.1, -0.05) is 230 Å². The second-order valence-electron chi connectivity index (χ2n) is 27.6. The topological polar surface area (TPSA) is 120 Å². The maximum atomic E-state index is 10.9. The zero-order valence-electron chi connectivity index (χ0n) is 58.9. The van der Waals surface area contributed by atoms with Gasteiger partial charge in [-0.3, -0.25) is 9.97 Å². The fraction of sp³-hybridized carbons (Fsp3) is 0.450. The Morgan fingerprint density at radius 1 is 0.267 bits per heavy atom. The largest absolute Gasteiger partial charge is 1.00 e. The van der Waals surface area contributed by atoms with Gasteiger partial charge in [0.05, 0.1) is 46.9 Å². The van der Waals surface area contributed by atoms with Gasteiger partial charge in [0.25, 0.3) is 0 Å². The third-order valence-electron chi connectivity index (χ3n) is 17.0. The van der Waals surface area contributed by atoms with E-state index in [2.05, 4.69) is 272 Å². The minimum absolute atomic E-state index is 0. The second kappa shape index (κ2) is 33.8. The molecule has 6 aromatic carbocycles. The molecule has 0 radical (unpaired) electrons. The smallest absolute Gasteiger partial charge is 0.873 e. The Morgan fingerprint density at radius 3 is 0.611 bits per heavy atom. The van der Waals surface area contributed by atoms with Crippen molar-refractivity contribution in [2.45, 2.75) is 238 Å². The number of fused-ring (bicyclic) bond motifs is 1. The van der Waals surface area contributed by atoms with Crippen LogP contribution in [0.3, 0.4) is 0 Å². The molecule has 488 valence electrons. The third-order valence-corrected chi connectivity index (χ3v) is 17.0. The Balaban J connectivity index is 0.000000317. The fourth-order valence-corrected chi connectivity index (χ4v) is 11.9. The van der Waals surface area contributed by atoms with Crippen molar-refractivity contribution < 1.29 is 43.8 Å². The Bertz CT molecular complexity index is 3080. The van der Waals surface area contributed by atoms with Crippen LogP contribution in [-0.4, -0.2) is 9.97 Å². The van der Waals surface area contributed by atoms with Crippen LogP contribution in [0.5, 0.6) is 11.5 Å². The van der Waals surface area contributed by atoms with Crippen LogP contribution in [0.15, 0.2) is 121 Å². The predicted octanol–water partition coefficient (Wildman–Crippen LogP) is 22.1. The number of rotatable bonds is 20. The number of anilines is 4. The van der Waals surface area contributed by atoms with Gasteiger partial charge in [0.1, 0.15) is 0 Å². The van der Waals surface area contributed by atoms with Crippen molar-refractivity contribution in [3.05, 3.63) is 211 Å². The summed E-state index contributed by atoms with van der Waals surface area (Å²) < 4.78 is 0. The summed E-state index contributed by atoms with van der Waals surface area (Å²) in [6.07, 6.45) is 0. The quantitative estimate of drug-likeness (QED) is 0.0596. The van der Waals surface area contributed by atoms with Crippen LogP contribution in [0.25, 0.3) is 10.8 Å². The second-order valence-corrected chi connectivity index (χ2v) is 27.6. The van der Waals surface area contributed by atoms with Gasteiger partial charge in [-0.25, -0.2) is 0 Å². The maximum Gasteiger partial charge on any atom is 1.00 e. The molecule has 8 rings (SSSR count). The van der Waals surface area contributed by atoms with Gasteiger partial charge in [0.15, 0.2) is 0 Å². The molecule has 0 amide bonds. The molecule has 2 aromatic heterocycles. The van der Waals surface area contributed by atoms with Crippen molar-refractivity contribution in [3.8, 4) is 11.5 Å². The van der Waals surface area contributed by atoms with Crippen LogP contribution in [0.1, 0.15) is 300 Å². The van der Waals surface area contributed by atoms with Gasteiger partial charge in [-0.05, 0) is 182 Å². The Morgan fingerprint density at radius 2 is 0.444 bits per heavy atom. The summed E-state index contributed by atoms with van der Waals surface area (Å²) in [7, 11) is 0. The number of nitrogens with one attached hydrogen (secondary N) is 4. The average Bonchev–Trinajstić information content (AvgIpc) is 1.59. The summed E-state index contributed by atoms with van der Waals surface area (Å²) >= 11 is 0. The molecule has 0 fully saturated rings. The molecule has 8 nitrogen and oxygen atoms in total. The van der Waals surface area contributed by atoms with E-state index in [0.717, 1.165) is 33.5 Å². The number of aromatic nitrogens is 2. The average molecular weight is 1300 g/mol. The Kier molecular flexibility index (Phi) is 28.6. The normalized spacial score (nSPS) is 12.8. The summed E-state index contributed by atoms with van der Waals surface area (Å²) in [5.41, 5.74) is 25.7. The monoisotopic (exact) mass is 1300 g/mol. The van der Waals surface area contributed by atoms with Crippen molar-refractivity contribution in [1.29, 1.82) is 0 Å². The van der Waals surface area contributed by atoms with Crippen LogP contribution in [0, 0.1) is 27.7 Å². The zero-order chi connectivity index (χ0) is 65.2. The van der Waals surface area contributed by atoms with E-state index in [1.165, 1.54) is 102 Å². The molecule has 0 aliphatic carbocycles. The molecule has 0 saturated heterocycles. The number of aryl methyl sites for hydroxylation is 4. The summed E-state index contributed by atoms with van der Waals surface area (Å²) in [5.74, 6) is 2.72. The first-order chi connectivity index (χ1) is 41.4. The van der Waals surface area contributed by atoms with E-state index in [0.29, 0.717) is 47.3 Å². The molecule has 2 heterocycles. The van der Waals surface area contributed by atoms with E-state index in [9.17, 15) is 10.2 Å². The molecule has 8 aromatic rings. The van der Waals surface area contributed by atoms with Crippen LogP contribution in [0.2, 0.25) is 0 Å². The van der Waals surface area contributed by atoms with Crippen LogP contribution in [0.4, 0.5) is 22.7 Å². The minimum atomic E-state index is -0.436. The van der Waals surface area contributed by atoms with Gasteiger partial charge < -0.3 is 31.5 Å². The van der Waals surface area contributed by atoms with Crippen LogP contribution < -0.4 is 31.5 Å². The summed E-state index contributed by atoms with van der Waals surface area (Å²) in [5, 5.41) is 39.0. The Hall–Kier alpha value is -6.31. The van der Waals surface area contributed by atoms with Crippen molar-refractivity contribution in [2.75, 3.05) is 21.3 Å². The van der Waals surface area contributed by atoms with Gasteiger partial charge >= 0.3 is 33.6 Å². The molecule has 0 saturated carbocycles. The number of benzene rings is 6. The first kappa shape index (κ1) is 76.1. The third kappa shape index (κ3) is 19.6. The molecule has 4 N–H and O–H groups in total. The van der Waals surface area contributed by atoms with E-state index in [1.807, 2.05) is 24.3 Å². The fourth-order valence-electron chi connectivity index (χ4n) is 11.9. The molecular weight excluding hydrogens is 1190 g/mol. The van der Waals surface area contributed by atoms with E-state index in [4.69, 9.17) is 9.97 Å². The van der Waals surface area contributed by atoms with Crippen LogP contribution in [-0.2, 0) is 33.6 Å². The molecule has 0 bridgehead atoms. The zero-order valence-corrected chi connectivity index (χ0v) is 60.9. The summed E-state index contributed by atoms with van der Waals surface area (Å²) in [4.78, 5) is 10.3. The predicted molar refractivity (Wildman–Crippen MR) is 377 cm³/mol. The Labute approximate surface area is 564 Å². The van der Waals surface area contributed by atoms with Gasteiger partial charge in [0.2, 0.25) is 0 Å². The summed E-state index contributed by atoms with van der Waals surface area (Å²) in [6.45, 7) is 54.2. The molecule has 4 atom stereocenters. The van der Waals surface area contributed by atoms with E-state index < -0.39 is 11.5 Å². The van der Waals surface area contributed by atoms with Crippen molar-refractivity contribution in [3.63, 3.8) is 0 Å². The number of pyridine rings is 2. The minimum Gasteiger partial charge on any atom is -0.873 e. The molecule has 90 heavy (non-hydrogen) atoms. The van der Waals surface area contributed by atoms with Crippen molar-refractivity contribution in [2.24, 2.45) is 0 Å². The van der Waals surface area contributed by atoms with E-state index in [1.54, 1.807) is 0 Å². The van der Waals surface area contributed by atoms with Gasteiger partial charge in [-0.15, -0.1) is 11.5 Å². The maximum absolute atomic E-state index is 10.9. The molecular formula is C80H108Co2N6O2. The number of nitrogens with zero attached hydrogens (tertiary/aromatic N) is 2.